The lowest BCUT2D eigenvalue weighted by atomic mass is 10.0. The summed E-state index contributed by atoms with van der Waals surface area (Å²) in [5, 5.41) is 2.98. The standard InChI is InChI=1S/C20H26N2O3/c1-5-15-9-7-8-10-17(15)22-18(23)12-11-16-13(3)19(21-14(16)4)20(24)25-6-2/h7-10,21H,5-6,11-12H2,1-4H3,(H,22,23). The normalized spacial score (nSPS) is 10.6. The molecule has 0 saturated heterocycles. The van der Waals surface area contributed by atoms with E-state index in [0.717, 1.165) is 34.5 Å². The Morgan fingerprint density at radius 2 is 1.88 bits per heavy atom. The van der Waals surface area contributed by atoms with Crippen LogP contribution >= 0.6 is 0 Å². The number of H-pyrrole nitrogens is 1. The lowest BCUT2D eigenvalue weighted by Crippen LogP contribution is -2.14. The van der Waals surface area contributed by atoms with Gasteiger partial charge in [-0.05, 0) is 56.4 Å². The smallest absolute Gasteiger partial charge is 0.355 e. The van der Waals surface area contributed by atoms with Crippen LogP contribution in [0.25, 0.3) is 0 Å². The van der Waals surface area contributed by atoms with E-state index in [1.807, 2.05) is 38.1 Å². The molecular formula is C20H26N2O3. The predicted molar refractivity (Wildman–Crippen MR) is 99.0 cm³/mol. The summed E-state index contributed by atoms with van der Waals surface area (Å²) in [7, 11) is 0. The Kier molecular flexibility index (Phi) is 6.39. The van der Waals surface area contributed by atoms with Crippen LogP contribution in [0.15, 0.2) is 24.3 Å². The van der Waals surface area contributed by atoms with Crippen LogP contribution in [0.1, 0.15) is 53.1 Å². The molecule has 2 aromatic rings. The molecule has 25 heavy (non-hydrogen) atoms. The van der Waals surface area contributed by atoms with E-state index in [2.05, 4.69) is 17.2 Å². The first kappa shape index (κ1) is 18.8. The molecule has 134 valence electrons. The summed E-state index contributed by atoms with van der Waals surface area (Å²) in [4.78, 5) is 27.3. The highest BCUT2D eigenvalue weighted by atomic mass is 16.5. The quantitative estimate of drug-likeness (QED) is 0.749. The Morgan fingerprint density at radius 3 is 2.56 bits per heavy atom. The van der Waals surface area contributed by atoms with Gasteiger partial charge in [0.15, 0.2) is 0 Å². The SMILES string of the molecule is CCOC(=O)c1[nH]c(C)c(CCC(=O)Nc2ccccc2CC)c1C. The van der Waals surface area contributed by atoms with Crippen molar-refractivity contribution in [1.29, 1.82) is 0 Å². The molecule has 2 N–H and O–H groups in total. The van der Waals surface area contributed by atoms with Crippen LogP contribution in [0.3, 0.4) is 0 Å². The third-order valence-corrected chi connectivity index (χ3v) is 4.35. The van der Waals surface area contributed by atoms with Gasteiger partial charge in [0.2, 0.25) is 5.91 Å². The van der Waals surface area contributed by atoms with Gasteiger partial charge in [0.25, 0.3) is 0 Å². The largest absolute Gasteiger partial charge is 0.461 e. The zero-order valence-corrected chi connectivity index (χ0v) is 15.4. The van der Waals surface area contributed by atoms with Crippen LogP contribution in [-0.4, -0.2) is 23.5 Å². The molecule has 1 aromatic heterocycles. The van der Waals surface area contributed by atoms with E-state index >= 15 is 0 Å². The van der Waals surface area contributed by atoms with Crippen LogP contribution in [0, 0.1) is 13.8 Å². The first-order chi connectivity index (χ1) is 12.0. The van der Waals surface area contributed by atoms with Crippen LogP contribution in [0.2, 0.25) is 0 Å². The Labute approximate surface area is 148 Å². The number of hydrogen-bond donors (Lipinski definition) is 2. The molecule has 0 aliphatic rings. The van der Waals surface area contributed by atoms with Crippen LogP contribution in [0.5, 0.6) is 0 Å². The minimum Gasteiger partial charge on any atom is -0.461 e. The monoisotopic (exact) mass is 342 g/mol. The van der Waals surface area contributed by atoms with E-state index in [1.54, 1.807) is 6.92 Å². The number of benzene rings is 1. The molecule has 0 saturated carbocycles. The number of aryl methyl sites for hydroxylation is 2. The number of aromatic nitrogens is 1. The summed E-state index contributed by atoms with van der Waals surface area (Å²) in [6.07, 6.45) is 1.81. The van der Waals surface area contributed by atoms with E-state index in [4.69, 9.17) is 4.74 Å². The second-order valence-corrected chi connectivity index (χ2v) is 6.01. The molecule has 0 atom stereocenters. The van der Waals surface area contributed by atoms with E-state index < -0.39 is 0 Å². The second-order valence-electron chi connectivity index (χ2n) is 6.01. The number of hydrogen-bond acceptors (Lipinski definition) is 3. The van der Waals surface area contributed by atoms with Gasteiger partial charge in [0.05, 0.1) is 6.61 Å². The average molecular weight is 342 g/mol. The topological polar surface area (TPSA) is 71.2 Å². The summed E-state index contributed by atoms with van der Waals surface area (Å²) in [5.74, 6) is -0.380. The fraction of sp³-hybridized carbons (Fsp3) is 0.400. The highest BCUT2D eigenvalue weighted by Crippen LogP contribution is 2.21. The van der Waals surface area contributed by atoms with E-state index in [9.17, 15) is 9.59 Å². The number of para-hydroxylation sites is 1. The Balaban J connectivity index is 2.03. The third-order valence-electron chi connectivity index (χ3n) is 4.35. The molecule has 0 fully saturated rings. The van der Waals surface area contributed by atoms with Gasteiger partial charge in [0.1, 0.15) is 5.69 Å². The summed E-state index contributed by atoms with van der Waals surface area (Å²) in [6, 6.07) is 7.82. The van der Waals surface area contributed by atoms with E-state index in [1.165, 1.54) is 0 Å². The number of carbonyl (C=O) groups excluding carboxylic acids is 2. The van der Waals surface area contributed by atoms with Gasteiger partial charge in [-0.25, -0.2) is 4.79 Å². The molecule has 0 unspecified atom stereocenters. The van der Waals surface area contributed by atoms with Crippen LogP contribution < -0.4 is 5.32 Å². The molecule has 0 bridgehead atoms. The summed E-state index contributed by atoms with van der Waals surface area (Å²) in [6.45, 7) is 7.98. The number of rotatable bonds is 7. The summed E-state index contributed by atoms with van der Waals surface area (Å²) < 4.78 is 5.06. The number of ether oxygens (including phenoxy) is 1. The molecule has 5 heteroatoms. The van der Waals surface area contributed by atoms with E-state index in [0.29, 0.717) is 25.1 Å². The van der Waals surface area contributed by atoms with Crippen molar-refractivity contribution in [2.24, 2.45) is 0 Å². The Hall–Kier alpha value is -2.56. The van der Waals surface area contributed by atoms with Crippen molar-refractivity contribution in [3.05, 3.63) is 52.3 Å². The van der Waals surface area contributed by atoms with Crippen molar-refractivity contribution in [3.63, 3.8) is 0 Å². The average Bonchev–Trinajstić information content (AvgIpc) is 2.88. The second kappa shape index (κ2) is 8.51. The number of nitrogens with one attached hydrogen (secondary N) is 2. The number of anilines is 1. The van der Waals surface area contributed by atoms with Gasteiger partial charge in [-0.3, -0.25) is 4.79 Å². The predicted octanol–water partition coefficient (Wildman–Crippen LogP) is 3.94. The number of esters is 1. The van der Waals surface area contributed by atoms with Crippen molar-refractivity contribution >= 4 is 17.6 Å². The maximum atomic E-state index is 12.3. The van der Waals surface area contributed by atoms with Crippen LogP contribution in [0.4, 0.5) is 5.69 Å². The molecular weight excluding hydrogens is 316 g/mol. The first-order valence-corrected chi connectivity index (χ1v) is 8.70. The van der Waals surface area contributed by atoms with Gasteiger partial charge in [-0.2, -0.15) is 0 Å². The Morgan fingerprint density at radius 1 is 1.16 bits per heavy atom. The zero-order valence-electron chi connectivity index (χ0n) is 15.4. The molecule has 0 radical (unpaired) electrons. The number of amides is 1. The van der Waals surface area contributed by atoms with Gasteiger partial charge in [-0.15, -0.1) is 0 Å². The fourth-order valence-corrected chi connectivity index (χ4v) is 2.97. The van der Waals surface area contributed by atoms with Gasteiger partial charge < -0.3 is 15.0 Å². The highest BCUT2D eigenvalue weighted by molar-refractivity contribution is 5.92. The molecule has 2 rings (SSSR count). The maximum Gasteiger partial charge on any atom is 0.355 e. The van der Waals surface area contributed by atoms with Crippen molar-refractivity contribution < 1.29 is 14.3 Å². The Bertz CT molecular complexity index is 762. The van der Waals surface area contributed by atoms with Gasteiger partial charge in [0, 0.05) is 17.8 Å². The first-order valence-electron chi connectivity index (χ1n) is 8.70. The van der Waals surface area contributed by atoms with Crippen molar-refractivity contribution in [1.82, 2.24) is 4.98 Å². The zero-order chi connectivity index (χ0) is 18.4. The summed E-state index contributed by atoms with van der Waals surface area (Å²) in [5.41, 5.74) is 5.23. The van der Waals surface area contributed by atoms with E-state index in [-0.39, 0.29) is 11.9 Å². The minimum absolute atomic E-state index is 0.0291. The molecule has 1 aromatic carbocycles. The molecule has 0 aliphatic heterocycles. The number of aromatic amines is 1. The lowest BCUT2D eigenvalue weighted by molar-refractivity contribution is -0.116. The van der Waals surface area contributed by atoms with Gasteiger partial charge in [-0.1, -0.05) is 25.1 Å². The molecule has 5 nitrogen and oxygen atoms in total. The van der Waals surface area contributed by atoms with Gasteiger partial charge >= 0.3 is 5.97 Å². The molecule has 0 spiro atoms. The van der Waals surface area contributed by atoms with Crippen LogP contribution in [-0.2, 0) is 22.4 Å². The van der Waals surface area contributed by atoms with Crippen molar-refractivity contribution in [3.8, 4) is 0 Å². The number of carbonyl (C=O) groups is 2. The van der Waals surface area contributed by atoms with Crippen molar-refractivity contribution in [2.75, 3.05) is 11.9 Å². The molecule has 0 aliphatic carbocycles. The molecule has 1 amide bonds. The third kappa shape index (κ3) is 4.50. The molecule has 1 heterocycles. The summed E-state index contributed by atoms with van der Waals surface area (Å²) >= 11 is 0. The minimum atomic E-state index is -0.351. The lowest BCUT2D eigenvalue weighted by Gasteiger charge is -2.10. The van der Waals surface area contributed by atoms with Crippen molar-refractivity contribution in [2.45, 2.75) is 47.0 Å². The fourth-order valence-electron chi connectivity index (χ4n) is 2.97. The maximum absolute atomic E-state index is 12.3. The highest BCUT2D eigenvalue weighted by Gasteiger charge is 2.18.